The fourth-order valence-corrected chi connectivity index (χ4v) is 8.07. The van der Waals surface area contributed by atoms with Crippen molar-refractivity contribution in [3.05, 3.63) is 212 Å². The standard InChI is InChI=1S/C19H16N2O5.2C19H12N.Ir/c22-16(21-17(23)9-10-18(21)24)8-3-12-1-4-13(5-2-12)14-6-7-15(19(25)26)20-11-14;2*1-2-8-14(9-3-1)19-17-12-5-4-10-15(17)16-11-6-7-13-18(16)20-19;/h1-2,4-7,11H,3,8-10H2,(H,25,26);2*1-8,10-13H;/q;2*-1;+3/p-1. The van der Waals surface area contributed by atoms with Crippen molar-refractivity contribution in [1.82, 2.24) is 19.9 Å². The molecule has 67 heavy (non-hydrogen) atoms. The van der Waals surface area contributed by atoms with E-state index in [0.717, 1.165) is 55.1 Å². The van der Waals surface area contributed by atoms with Crippen LogP contribution in [0.4, 0.5) is 0 Å². The van der Waals surface area contributed by atoms with E-state index in [9.17, 15) is 24.3 Å². The summed E-state index contributed by atoms with van der Waals surface area (Å²) in [5.74, 6) is -2.65. The van der Waals surface area contributed by atoms with Crippen LogP contribution in [0, 0.1) is 12.1 Å². The van der Waals surface area contributed by atoms with E-state index in [0.29, 0.717) is 6.42 Å². The molecule has 0 aliphatic carbocycles. The van der Waals surface area contributed by atoms with Gasteiger partial charge in [-0.1, -0.05) is 115 Å². The Bertz CT molecular complexity index is 3230. The van der Waals surface area contributed by atoms with Gasteiger partial charge in [0.1, 0.15) is 0 Å². The van der Waals surface area contributed by atoms with Crippen LogP contribution in [0.5, 0.6) is 0 Å². The van der Waals surface area contributed by atoms with Crippen LogP contribution in [0.25, 0.3) is 77.0 Å². The molecule has 0 unspecified atom stereocenters. The average Bonchev–Trinajstić information content (AvgIpc) is 3.73. The van der Waals surface area contributed by atoms with Crippen LogP contribution >= 0.6 is 0 Å². The minimum atomic E-state index is -1.33. The maximum absolute atomic E-state index is 12.0. The summed E-state index contributed by atoms with van der Waals surface area (Å²) in [6.45, 7) is 0. The van der Waals surface area contributed by atoms with Crippen LogP contribution in [0.3, 0.4) is 0 Å². The summed E-state index contributed by atoms with van der Waals surface area (Å²) in [6, 6.07) is 66.3. The molecule has 1 aliphatic rings. The zero-order valence-electron chi connectivity index (χ0n) is 35.9. The molecule has 326 valence electrons. The second-order valence-corrected chi connectivity index (χ2v) is 15.5. The topological polar surface area (TPSA) is 133 Å². The second kappa shape index (κ2) is 20.9. The first-order chi connectivity index (χ1) is 32.3. The van der Waals surface area contributed by atoms with Crippen molar-refractivity contribution in [2.75, 3.05) is 0 Å². The summed E-state index contributed by atoms with van der Waals surface area (Å²) < 4.78 is 0. The Morgan fingerprint density at radius 2 is 0.970 bits per heavy atom. The number of hydrogen-bond acceptors (Lipinski definition) is 8. The minimum Gasteiger partial charge on any atom is -0.543 e. The Balaban J connectivity index is 0.000000137. The maximum atomic E-state index is 12.0. The first-order valence-corrected chi connectivity index (χ1v) is 21.5. The third-order valence-electron chi connectivity index (χ3n) is 11.3. The summed E-state index contributed by atoms with van der Waals surface area (Å²) in [6.07, 6.45) is 2.15. The van der Waals surface area contributed by atoms with E-state index in [1.54, 1.807) is 6.07 Å². The number of carboxylic acids is 1. The number of fused-ring (bicyclic) bond motifs is 6. The number of para-hydroxylation sites is 2. The normalized spacial score (nSPS) is 12.0. The molecule has 10 aromatic rings. The van der Waals surface area contributed by atoms with Gasteiger partial charge < -0.3 is 9.90 Å². The molecule has 1 aliphatic heterocycles. The van der Waals surface area contributed by atoms with Gasteiger partial charge in [0.25, 0.3) is 0 Å². The molecule has 10 heteroatoms. The van der Waals surface area contributed by atoms with Gasteiger partial charge in [0.05, 0.1) is 22.7 Å². The largest absolute Gasteiger partial charge is 3.00 e. The summed E-state index contributed by atoms with van der Waals surface area (Å²) in [7, 11) is 0. The second-order valence-electron chi connectivity index (χ2n) is 15.5. The van der Waals surface area contributed by atoms with E-state index in [1.807, 2.05) is 72.8 Å². The van der Waals surface area contributed by atoms with Crippen LogP contribution in [0.15, 0.2) is 188 Å². The van der Waals surface area contributed by atoms with Gasteiger partial charge in [-0.25, -0.2) is 4.90 Å². The number of carboxylic acid groups (broad SMARTS) is 1. The molecule has 7 aromatic carbocycles. The molecule has 0 spiro atoms. The number of hydrogen-bond donors (Lipinski definition) is 0. The minimum absolute atomic E-state index is 0. The van der Waals surface area contributed by atoms with E-state index >= 15 is 0 Å². The molecule has 1 saturated heterocycles. The summed E-state index contributed by atoms with van der Waals surface area (Å²) in [5.41, 5.74) is 8.49. The molecule has 0 saturated carbocycles. The predicted molar refractivity (Wildman–Crippen MR) is 255 cm³/mol. The van der Waals surface area contributed by atoms with E-state index < -0.39 is 23.7 Å². The van der Waals surface area contributed by atoms with Crippen molar-refractivity contribution in [1.29, 1.82) is 0 Å². The van der Waals surface area contributed by atoms with Gasteiger partial charge in [-0.15, -0.1) is 71.8 Å². The number of likely N-dealkylation sites (tertiary alicyclic amines) is 1. The van der Waals surface area contributed by atoms with Crippen molar-refractivity contribution < 1.29 is 44.4 Å². The van der Waals surface area contributed by atoms with E-state index in [-0.39, 0.29) is 45.1 Å². The number of nitrogens with zero attached hydrogens (tertiary/aromatic N) is 4. The Morgan fingerprint density at radius 1 is 0.522 bits per heavy atom. The molecule has 9 nitrogen and oxygen atoms in total. The van der Waals surface area contributed by atoms with Gasteiger partial charge in [0.15, 0.2) is 0 Å². The number of carbonyl (C=O) groups is 4. The summed E-state index contributed by atoms with van der Waals surface area (Å²) in [5, 5.41) is 17.9. The summed E-state index contributed by atoms with van der Waals surface area (Å²) >= 11 is 0. The first kappa shape index (κ1) is 45.5. The Hall–Kier alpha value is -8.04. The van der Waals surface area contributed by atoms with Gasteiger partial charge >= 0.3 is 20.1 Å². The number of aryl methyl sites for hydroxylation is 1. The number of rotatable bonds is 7. The SMILES string of the molecule is O=C([O-])c1ccc(-c2ccc(CCC(=O)N3C(=O)CCC3=O)cc2)cn1.[Ir+3].[c-]1ccccc1-c1nc2ccccc2c2ccccc12.[c-]1ccccc1-c1nc2ccccc2c2ccccc12. The van der Waals surface area contributed by atoms with Crippen LogP contribution in [-0.2, 0) is 40.9 Å². The van der Waals surface area contributed by atoms with Crippen LogP contribution in [-0.4, -0.2) is 43.5 Å². The molecule has 11 rings (SSSR count). The quantitative estimate of drug-likeness (QED) is 0.0875. The molecule has 3 aromatic heterocycles. The van der Waals surface area contributed by atoms with Gasteiger partial charge in [-0.2, -0.15) is 0 Å². The van der Waals surface area contributed by atoms with Crippen molar-refractivity contribution in [3.63, 3.8) is 0 Å². The van der Waals surface area contributed by atoms with Crippen molar-refractivity contribution in [2.24, 2.45) is 0 Å². The summed E-state index contributed by atoms with van der Waals surface area (Å²) in [4.78, 5) is 60.1. The molecule has 0 atom stereocenters. The molecule has 1 fully saturated rings. The van der Waals surface area contributed by atoms with Gasteiger partial charge in [-0.3, -0.25) is 29.3 Å². The molecular formula is C57H39IrN4O5. The number of amides is 3. The van der Waals surface area contributed by atoms with Crippen molar-refractivity contribution >= 4 is 67.0 Å². The van der Waals surface area contributed by atoms with Crippen LogP contribution < -0.4 is 5.11 Å². The van der Waals surface area contributed by atoms with Gasteiger partial charge in [0.2, 0.25) is 17.7 Å². The monoisotopic (exact) mass is 1050 g/mol. The third kappa shape index (κ3) is 10.1. The fraction of sp³-hybridized carbons (Fsp3) is 0.0702. The van der Waals surface area contributed by atoms with Crippen molar-refractivity contribution in [3.8, 4) is 33.6 Å². The maximum Gasteiger partial charge on any atom is 3.00 e. The molecule has 0 radical (unpaired) electrons. The first-order valence-electron chi connectivity index (χ1n) is 21.5. The fourth-order valence-electron chi connectivity index (χ4n) is 8.07. The molecule has 0 bridgehead atoms. The number of benzene rings is 7. The van der Waals surface area contributed by atoms with Crippen LogP contribution in [0.2, 0.25) is 0 Å². The predicted octanol–water partition coefficient (Wildman–Crippen LogP) is 10.4. The molecule has 0 N–H and O–H groups in total. The van der Waals surface area contributed by atoms with Gasteiger partial charge in [0, 0.05) is 41.8 Å². The van der Waals surface area contributed by atoms with Crippen molar-refractivity contribution in [2.45, 2.75) is 25.7 Å². The smallest absolute Gasteiger partial charge is 0.543 e. The zero-order valence-corrected chi connectivity index (χ0v) is 38.3. The molecule has 3 amide bonds. The zero-order chi connectivity index (χ0) is 45.4. The Morgan fingerprint density at radius 3 is 1.42 bits per heavy atom. The molecule has 4 heterocycles. The Kier molecular flexibility index (Phi) is 14.2. The van der Waals surface area contributed by atoms with Gasteiger partial charge in [-0.05, 0) is 68.7 Å². The average molecular weight is 1050 g/mol. The van der Waals surface area contributed by atoms with Crippen LogP contribution in [0.1, 0.15) is 35.3 Å². The number of pyridine rings is 3. The Labute approximate surface area is 400 Å². The number of imide groups is 3. The number of aromatic nitrogens is 3. The molecular weight excluding hydrogens is 1010 g/mol. The van der Waals surface area contributed by atoms with E-state index in [4.69, 9.17) is 9.97 Å². The number of carbonyl (C=O) groups excluding carboxylic acids is 4. The number of aromatic carboxylic acids is 1. The van der Waals surface area contributed by atoms with E-state index in [2.05, 4.69) is 114 Å². The third-order valence-corrected chi connectivity index (χ3v) is 11.3. The van der Waals surface area contributed by atoms with E-state index in [1.165, 1.54) is 44.6 Å².